The van der Waals surface area contributed by atoms with Crippen molar-refractivity contribution in [2.75, 3.05) is 6.61 Å². The highest BCUT2D eigenvalue weighted by Crippen LogP contribution is 2.58. The summed E-state index contributed by atoms with van der Waals surface area (Å²) in [5.74, 6) is 2.60. The summed E-state index contributed by atoms with van der Waals surface area (Å²) >= 11 is 3.50. The monoisotopic (exact) mass is 610 g/mol. The molecule has 0 aliphatic heterocycles. The molecule has 3 nitrogen and oxygen atoms in total. The summed E-state index contributed by atoms with van der Waals surface area (Å²) < 4.78 is 11.9. The molecule has 0 spiro atoms. The predicted octanol–water partition coefficient (Wildman–Crippen LogP) is 3.92. The zero-order valence-corrected chi connectivity index (χ0v) is 23.2. The van der Waals surface area contributed by atoms with Crippen molar-refractivity contribution < 1.29 is 31.2 Å². The van der Waals surface area contributed by atoms with Gasteiger partial charge in [0, 0.05) is 10.0 Å². The van der Waals surface area contributed by atoms with E-state index < -0.39 is 13.4 Å². The second-order valence-corrected chi connectivity index (χ2v) is 11.7. The van der Waals surface area contributed by atoms with Gasteiger partial charge in [-0.2, -0.15) is 0 Å². The lowest BCUT2D eigenvalue weighted by Crippen LogP contribution is -3.00. The highest BCUT2D eigenvalue weighted by Gasteiger charge is 2.45. The van der Waals surface area contributed by atoms with Gasteiger partial charge >= 0.3 is 6.16 Å². The number of ether oxygens (including phenoxy) is 2. The fourth-order valence-corrected chi connectivity index (χ4v) is 7.93. The summed E-state index contributed by atoms with van der Waals surface area (Å²) in [4.78, 5) is 12.5. The molecular weight excluding hydrogens is 587 g/mol. The summed E-state index contributed by atoms with van der Waals surface area (Å²) in [5, 5.41) is 3.48. The van der Waals surface area contributed by atoms with E-state index in [1.54, 1.807) is 6.92 Å². The van der Waals surface area contributed by atoms with Gasteiger partial charge in [0.2, 0.25) is 0 Å². The van der Waals surface area contributed by atoms with Crippen LogP contribution in [-0.2, 0) is 9.47 Å². The topological polar surface area (TPSA) is 35.5 Å². The summed E-state index contributed by atoms with van der Waals surface area (Å²) in [6.45, 7) is 2.00. The number of halogens is 2. The first-order chi connectivity index (χ1) is 16.6. The van der Waals surface area contributed by atoms with Gasteiger partial charge in [-0.1, -0.05) is 70.5 Å². The van der Waals surface area contributed by atoms with Crippen LogP contribution in [0, 0.1) is 0 Å². The van der Waals surface area contributed by atoms with Crippen molar-refractivity contribution in [2.24, 2.45) is 0 Å². The van der Waals surface area contributed by atoms with Crippen LogP contribution in [0.25, 0.3) is 5.76 Å². The molecule has 0 aromatic heterocycles. The molecule has 0 atom stereocenters. The minimum atomic E-state index is -2.37. The van der Waals surface area contributed by atoms with Crippen LogP contribution >= 0.6 is 23.2 Å². The minimum Gasteiger partial charge on any atom is -1.00 e. The largest absolute Gasteiger partial charge is 1.00 e. The third kappa shape index (κ3) is 6.29. The zero-order chi connectivity index (χ0) is 23.8. The Morgan fingerprint density at radius 2 is 1.17 bits per heavy atom. The number of hydrogen-bond donors (Lipinski definition) is 0. The molecule has 0 amide bonds. The van der Waals surface area contributed by atoms with Gasteiger partial charge < -0.3 is 26.5 Å². The number of benzene rings is 4. The van der Waals surface area contributed by atoms with E-state index in [-0.39, 0.29) is 23.6 Å². The smallest absolute Gasteiger partial charge is 0.513 e. The van der Waals surface area contributed by atoms with E-state index >= 15 is 0 Å². The van der Waals surface area contributed by atoms with Crippen molar-refractivity contribution >= 4 is 51.0 Å². The van der Waals surface area contributed by atoms with Crippen LogP contribution in [0.5, 0.6) is 0 Å². The first-order valence-electron chi connectivity index (χ1n) is 11.0. The molecule has 6 heteroatoms. The second-order valence-electron chi connectivity index (χ2n) is 7.51. The van der Waals surface area contributed by atoms with Crippen LogP contribution in [0.3, 0.4) is 0 Å². The molecule has 0 saturated heterocycles. The second kappa shape index (κ2) is 12.8. The fraction of sp³-hybridized carbons (Fsp3) is 0.0690. The molecule has 4 aromatic rings. The summed E-state index contributed by atoms with van der Waals surface area (Å²) in [7, 11) is -2.37. The quantitative estimate of drug-likeness (QED) is 0.181. The first-order valence-corrected chi connectivity index (χ1v) is 13.7. The predicted molar refractivity (Wildman–Crippen MR) is 145 cm³/mol. The van der Waals surface area contributed by atoms with Crippen molar-refractivity contribution in [1.82, 2.24) is 0 Å². The molecule has 4 rings (SSSR count). The molecule has 0 heterocycles. The summed E-state index contributed by atoms with van der Waals surface area (Å²) in [6.07, 6.45) is -0.719. The Morgan fingerprint density at radius 1 is 0.743 bits per heavy atom. The lowest BCUT2D eigenvalue weighted by molar-refractivity contribution is -0.0000185. The molecule has 0 aliphatic rings. The van der Waals surface area contributed by atoms with Crippen LogP contribution in [0.15, 0.2) is 126 Å². The molecule has 0 aliphatic carbocycles. The van der Waals surface area contributed by atoms with Gasteiger partial charge in [-0.3, -0.25) is 0 Å². The number of rotatable bonds is 7. The minimum absolute atomic E-state index is 0. The average molecular weight is 612 g/mol. The van der Waals surface area contributed by atoms with Crippen LogP contribution in [0.4, 0.5) is 4.79 Å². The third-order valence-corrected chi connectivity index (χ3v) is 9.87. The molecule has 0 unspecified atom stereocenters. The van der Waals surface area contributed by atoms with Crippen molar-refractivity contribution in [3.63, 3.8) is 0 Å². The molecule has 0 N–H and O–H groups in total. The van der Waals surface area contributed by atoms with Crippen LogP contribution < -0.4 is 32.9 Å². The Labute approximate surface area is 226 Å². The summed E-state index contributed by atoms with van der Waals surface area (Å²) in [6, 6.07) is 39.0. The lowest BCUT2D eigenvalue weighted by atomic mass is 10.2. The van der Waals surface area contributed by atoms with Gasteiger partial charge in [-0.05, 0) is 67.6 Å². The molecule has 0 fully saturated rings. The number of hydrogen-bond acceptors (Lipinski definition) is 3. The van der Waals surface area contributed by atoms with E-state index in [2.05, 4.69) is 94.5 Å². The Hall–Kier alpha value is -2.72. The molecule has 35 heavy (non-hydrogen) atoms. The standard InChI is InChI=1S/C29H25BrO3P.BrH/c1-2-32-29(31)33-28(23-18-20-24(30)21-19-23)22-34(25-12-6-3-7-13-25,26-14-8-4-9-15-26)27-16-10-5-11-17-27;/h3-22H,2H2,1H3;1H/q+1;/p-1/b28-22-;. The van der Waals surface area contributed by atoms with Crippen LogP contribution in [-0.4, -0.2) is 12.8 Å². The molecule has 0 bridgehead atoms. The molecule has 178 valence electrons. The van der Waals surface area contributed by atoms with E-state index in [9.17, 15) is 4.79 Å². The average Bonchev–Trinajstić information content (AvgIpc) is 2.89. The molecule has 0 radical (unpaired) electrons. The van der Waals surface area contributed by atoms with E-state index in [0.29, 0.717) is 5.76 Å². The maximum atomic E-state index is 12.5. The fourth-order valence-electron chi connectivity index (χ4n) is 3.85. The highest BCUT2D eigenvalue weighted by molar-refractivity contribution is 9.10. The van der Waals surface area contributed by atoms with E-state index in [0.717, 1.165) is 25.9 Å². The zero-order valence-electron chi connectivity index (χ0n) is 19.2. The van der Waals surface area contributed by atoms with Gasteiger partial charge in [-0.15, -0.1) is 0 Å². The van der Waals surface area contributed by atoms with Crippen LogP contribution in [0.2, 0.25) is 0 Å². The number of carbonyl (C=O) groups is 1. The maximum absolute atomic E-state index is 12.5. The van der Waals surface area contributed by atoms with Crippen molar-refractivity contribution in [1.29, 1.82) is 0 Å². The Morgan fingerprint density at radius 3 is 1.57 bits per heavy atom. The highest BCUT2D eigenvalue weighted by atomic mass is 79.9. The number of carbonyl (C=O) groups excluding carboxylic acids is 1. The third-order valence-electron chi connectivity index (χ3n) is 5.39. The molecular formula is C29H25Br2O3P. The SMILES string of the molecule is CCOC(=O)O/C(=C\[P+](c1ccccc1)(c1ccccc1)c1ccccc1)c1ccc(Br)cc1.[Br-]. The van der Waals surface area contributed by atoms with E-state index in [1.807, 2.05) is 42.5 Å². The van der Waals surface area contributed by atoms with Crippen molar-refractivity contribution in [3.8, 4) is 0 Å². The van der Waals surface area contributed by atoms with Crippen molar-refractivity contribution in [2.45, 2.75) is 6.92 Å². The Balaban J connectivity index is 0.00000342. The van der Waals surface area contributed by atoms with Gasteiger partial charge in [0.1, 0.15) is 29.0 Å². The Bertz CT molecular complexity index is 1150. The van der Waals surface area contributed by atoms with Gasteiger partial charge in [0.25, 0.3) is 0 Å². The van der Waals surface area contributed by atoms with Gasteiger partial charge in [-0.25, -0.2) is 4.79 Å². The van der Waals surface area contributed by atoms with Gasteiger partial charge in [0.15, 0.2) is 5.76 Å². The first kappa shape index (κ1) is 26.9. The Kier molecular flexibility index (Phi) is 9.85. The summed E-state index contributed by atoms with van der Waals surface area (Å²) in [5.41, 5.74) is 0.795. The maximum Gasteiger partial charge on any atom is 0.513 e. The van der Waals surface area contributed by atoms with E-state index in [4.69, 9.17) is 9.47 Å². The van der Waals surface area contributed by atoms with Crippen LogP contribution in [0.1, 0.15) is 12.5 Å². The molecule has 0 saturated carbocycles. The van der Waals surface area contributed by atoms with Crippen molar-refractivity contribution in [3.05, 3.63) is 131 Å². The van der Waals surface area contributed by atoms with E-state index in [1.165, 1.54) is 0 Å². The molecule has 4 aromatic carbocycles. The lowest BCUT2D eigenvalue weighted by Gasteiger charge is -2.25. The normalized spacial score (nSPS) is 11.3. The van der Waals surface area contributed by atoms with Gasteiger partial charge in [0.05, 0.1) is 6.61 Å².